The summed E-state index contributed by atoms with van der Waals surface area (Å²) < 4.78 is 0. The number of nitrogens with one attached hydrogen (secondary N) is 1. The molecule has 0 spiro atoms. The highest BCUT2D eigenvalue weighted by Gasteiger charge is 1.64. The van der Waals surface area contributed by atoms with Gasteiger partial charge >= 0.3 is 6.26 Å². The van der Waals surface area contributed by atoms with Gasteiger partial charge in [0.25, 0.3) is 0 Å². The molecule has 6 heavy (non-hydrogen) atoms. The molecule has 0 radical (unpaired) electrons. The van der Waals surface area contributed by atoms with Crippen LogP contribution in [-0.2, 0) is 9.63 Å². The first-order valence-electron chi connectivity index (χ1n) is 1.16. The van der Waals surface area contributed by atoms with E-state index in [1.807, 2.05) is 0 Å². The van der Waals surface area contributed by atoms with E-state index in [1.165, 1.54) is 6.26 Å². The summed E-state index contributed by atoms with van der Waals surface area (Å²) >= 11 is 0. The number of hydrogen-bond acceptors (Lipinski definition) is 3. The van der Waals surface area contributed by atoms with Crippen LogP contribution < -0.4 is 5.48 Å². The summed E-state index contributed by atoms with van der Waals surface area (Å²) in [5.74, 6) is 0. The average Bonchev–Trinajstić information content (AvgIpc) is 1.61. The number of rotatable bonds is 2. The molecule has 32 valence electrons. The molecule has 0 saturated carbocycles. The molecule has 1 N–H and O–H groups in total. The van der Waals surface area contributed by atoms with Gasteiger partial charge in [-0.2, -0.15) is 5.48 Å². The molecule has 0 unspecified atom stereocenters. The Balaban J connectivity index is 2.72. The van der Waals surface area contributed by atoms with Gasteiger partial charge < -0.3 is 0 Å². The summed E-state index contributed by atoms with van der Waals surface area (Å²) in [6.07, 6.45) is 1.49. The van der Waals surface area contributed by atoms with Crippen molar-refractivity contribution in [3.8, 4) is 6.26 Å². The van der Waals surface area contributed by atoms with Crippen LogP contribution in [0.25, 0.3) is 0 Å². The molecular formula is C2H2N2O2. The van der Waals surface area contributed by atoms with Gasteiger partial charge in [-0.05, 0) is 0 Å². The molecule has 1 amide bonds. The molecule has 0 aromatic rings. The highest BCUT2D eigenvalue weighted by Crippen LogP contribution is 1.45. The normalized spacial score (nSPS) is 5.17. The second-order valence-electron chi connectivity index (χ2n) is 0.429. The molecule has 0 bridgehead atoms. The molecule has 0 aromatic heterocycles. The van der Waals surface area contributed by atoms with Crippen LogP contribution in [0.15, 0.2) is 0 Å². The fraction of sp³-hybridized carbons (Fsp3) is 0. The van der Waals surface area contributed by atoms with Crippen molar-refractivity contribution in [2.75, 3.05) is 0 Å². The van der Waals surface area contributed by atoms with E-state index in [0.717, 1.165) is 0 Å². The molecule has 0 atom stereocenters. The fourth-order valence-corrected chi connectivity index (χ4v) is 0.0504. The molecule has 0 aliphatic carbocycles. The molecule has 0 saturated heterocycles. The van der Waals surface area contributed by atoms with Crippen molar-refractivity contribution in [1.82, 2.24) is 5.48 Å². The third-order valence-electron chi connectivity index (χ3n) is 0.153. The first-order chi connectivity index (χ1) is 2.91. The number of carbonyl (C=O) groups is 1. The molecule has 0 rings (SSSR count). The fourth-order valence-electron chi connectivity index (χ4n) is 0.0504. The van der Waals surface area contributed by atoms with Crippen LogP contribution in [0.3, 0.4) is 0 Å². The van der Waals surface area contributed by atoms with Gasteiger partial charge in [-0.25, -0.2) is 0 Å². The molecule has 4 nitrogen and oxygen atoms in total. The van der Waals surface area contributed by atoms with Crippen LogP contribution in [0.1, 0.15) is 0 Å². The molecule has 0 aliphatic heterocycles. The van der Waals surface area contributed by atoms with E-state index in [4.69, 9.17) is 5.26 Å². The predicted molar refractivity (Wildman–Crippen MR) is 15.9 cm³/mol. The van der Waals surface area contributed by atoms with Gasteiger partial charge in [0.2, 0.25) is 6.41 Å². The largest absolute Gasteiger partial charge is 0.314 e. The van der Waals surface area contributed by atoms with Crippen LogP contribution in [0.5, 0.6) is 0 Å². The Kier molecular flexibility index (Phi) is 2.98. The average molecular weight is 86.0 g/mol. The van der Waals surface area contributed by atoms with Crippen molar-refractivity contribution in [2.24, 2.45) is 0 Å². The first-order valence-corrected chi connectivity index (χ1v) is 1.16. The molecular weight excluding hydrogens is 84.0 g/mol. The van der Waals surface area contributed by atoms with E-state index in [0.29, 0.717) is 0 Å². The maximum absolute atomic E-state index is 9.18. The Morgan fingerprint density at radius 2 is 2.67 bits per heavy atom. The SMILES string of the molecule is N#CONC=O. The van der Waals surface area contributed by atoms with E-state index in [-0.39, 0.29) is 6.41 Å². The van der Waals surface area contributed by atoms with E-state index in [2.05, 4.69) is 4.84 Å². The smallest absolute Gasteiger partial charge is 0.299 e. The topological polar surface area (TPSA) is 62.1 Å². The lowest BCUT2D eigenvalue weighted by Crippen LogP contribution is -2.05. The van der Waals surface area contributed by atoms with Gasteiger partial charge in [-0.3, -0.25) is 9.63 Å². The van der Waals surface area contributed by atoms with E-state index in [9.17, 15) is 4.79 Å². The van der Waals surface area contributed by atoms with E-state index in [1.54, 1.807) is 5.48 Å². The van der Waals surface area contributed by atoms with Crippen LogP contribution in [0, 0.1) is 11.5 Å². The number of nitrogens with zero attached hydrogens (tertiary/aromatic N) is 1. The number of amides is 1. The van der Waals surface area contributed by atoms with Crippen LogP contribution in [0.2, 0.25) is 0 Å². The zero-order chi connectivity index (χ0) is 4.83. The highest BCUT2D eigenvalue weighted by molar-refractivity contribution is 5.43. The Labute approximate surface area is 34.3 Å². The monoisotopic (exact) mass is 86.0 g/mol. The Bertz CT molecular complexity index is 74.1. The summed E-state index contributed by atoms with van der Waals surface area (Å²) in [7, 11) is 0. The molecule has 0 aromatic carbocycles. The summed E-state index contributed by atoms with van der Waals surface area (Å²) in [5, 5.41) is 7.50. The summed E-state index contributed by atoms with van der Waals surface area (Å²) in [5.41, 5.74) is 1.66. The van der Waals surface area contributed by atoms with Crippen LogP contribution >= 0.6 is 0 Å². The zero-order valence-electron chi connectivity index (χ0n) is 2.84. The van der Waals surface area contributed by atoms with Crippen LogP contribution in [0.4, 0.5) is 0 Å². The molecule has 0 fully saturated rings. The second-order valence-corrected chi connectivity index (χ2v) is 0.429. The zero-order valence-corrected chi connectivity index (χ0v) is 2.84. The van der Waals surface area contributed by atoms with Crippen molar-refractivity contribution in [3.63, 3.8) is 0 Å². The first kappa shape index (κ1) is 4.76. The minimum atomic E-state index is 0.267. The Hall–Kier alpha value is -1.24. The Morgan fingerprint density at radius 3 is 2.83 bits per heavy atom. The van der Waals surface area contributed by atoms with Crippen molar-refractivity contribution in [2.45, 2.75) is 0 Å². The standard InChI is InChI=1S/C2H2N2O2/c3-1-6-4-2-5/h2H,(H,4,5). The van der Waals surface area contributed by atoms with E-state index < -0.39 is 0 Å². The van der Waals surface area contributed by atoms with Gasteiger partial charge in [0.15, 0.2) is 0 Å². The van der Waals surface area contributed by atoms with Crippen molar-refractivity contribution < 1.29 is 9.63 Å². The highest BCUT2D eigenvalue weighted by atomic mass is 16.6. The summed E-state index contributed by atoms with van der Waals surface area (Å²) in [4.78, 5) is 12.8. The van der Waals surface area contributed by atoms with E-state index >= 15 is 0 Å². The number of nitriles is 1. The van der Waals surface area contributed by atoms with Gasteiger partial charge in [0, 0.05) is 0 Å². The molecule has 0 heterocycles. The van der Waals surface area contributed by atoms with Gasteiger partial charge in [-0.1, -0.05) is 0 Å². The second kappa shape index (κ2) is 3.76. The molecule has 0 aliphatic rings. The maximum atomic E-state index is 9.18. The van der Waals surface area contributed by atoms with Crippen molar-refractivity contribution in [3.05, 3.63) is 0 Å². The maximum Gasteiger partial charge on any atom is 0.314 e. The lowest BCUT2D eigenvalue weighted by atomic mass is 11.4. The minimum Gasteiger partial charge on any atom is -0.299 e. The van der Waals surface area contributed by atoms with Gasteiger partial charge in [0.1, 0.15) is 0 Å². The Morgan fingerprint density at radius 1 is 2.00 bits per heavy atom. The summed E-state index contributed by atoms with van der Waals surface area (Å²) in [6, 6.07) is 0. The predicted octanol–water partition coefficient (Wildman–Crippen LogP) is -0.855. The van der Waals surface area contributed by atoms with Gasteiger partial charge in [0.05, 0.1) is 0 Å². The van der Waals surface area contributed by atoms with Crippen LogP contribution in [-0.4, -0.2) is 6.41 Å². The number of hydroxylamine groups is 1. The van der Waals surface area contributed by atoms with Crippen molar-refractivity contribution in [1.29, 1.82) is 5.26 Å². The third-order valence-corrected chi connectivity index (χ3v) is 0.153. The number of hydrogen-bond donors (Lipinski definition) is 1. The molecule has 4 heteroatoms. The number of carbonyl (C=O) groups excluding carboxylic acids is 1. The minimum absolute atomic E-state index is 0.267. The quantitative estimate of drug-likeness (QED) is 0.206. The lowest BCUT2D eigenvalue weighted by Gasteiger charge is -1.79. The van der Waals surface area contributed by atoms with Gasteiger partial charge in [-0.15, -0.1) is 5.26 Å². The van der Waals surface area contributed by atoms with Crippen molar-refractivity contribution >= 4 is 6.41 Å². The lowest BCUT2D eigenvalue weighted by molar-refractivity contribution is -0.116. The third kappa shape index (κ3) is 2.76. The summed E-state index contributed by atoms with van der Waals surface area (Å²) in [6.45, 7) is 0.